The van der Waals surface area contributed by atoms with E-state index in [-0.39, 0.29) is 11.3 Å². The molecular weight excluding hydrogens is 428 g/mol. The summed E-state index contributed by atoms with van der Waals surface area (Å²) in [6.45, 7) is 3.71. The van der Waals surface area contributed by atoms with E-state index in [0.717, 1.165) is 61.3 Å². The molecule has 2 aromatic rings. The van der Waals surface area contributed by atoms with Crippen LogP contribution in [0.15, 0.2) is 60.9 Å². The fraction of sp³-hybridized carbons (Fsp3) is 0.481. The number of rotatable bonds is 3. The highest BCUT2D eigenvalue weighted by atomic mass is 32.1. The standard InChI is InChI=1S/C27H32N4OS/c32-25(22-5-1-2-6-24(22)29-12-3-4-13-29)30-14-9-27(10-15-30)11-16-31(19-27)26(33)28-23-18-20-7-8-21(23)17-20/h1-8,12-13,20-21,23H,9-11,14-19H2,(H,28,33)/t20-,21+,23?/m0/s1. The van der Waals surface area contributed by atoms with Gasteiger partial charge in [-0.2, -0.15) is 0 Å². The number of nitrogens with one attached hydrogen (secondary N) is 1. The molecule has 2 bridgehead atoms. The van der Waals surface area contributed by atoms with Crippen molar-refractivity contribution in [3.63, 3.8) is 0 Å². The zero-order valence-corrected chi connectivity index (χ0v) is 19.8. The monoisotopic (exact) mass is 460 g/mol. The number of hydrogen-bond donors (Lipinski definition) is 1. The predicted molar refractivity (Wildman–Crippen MR) is 134 cm³/mol. The molecule has 172 valence electrons. The van der Waals surface area contributed by atoms with Gasteiger partial charge < -0.3 is 19.7 Å². The molecule has 1 amide bonds. The van der Waals surface area contributed by atoms with Gasteiger partial charge in [-0.3, -0.25) is 4.79 Å². The van der Waals surface area contributed by atoms with Crippen molar-refractivity contribution in [3.8, 4) is 5.69 Å². The van der Waals surface area contributed by atoms with Crippen LogP contribution in [0.1, 0.15) is 42.5 Å². The summed E-state index contributed by atoms with van der Waals surface area (Å²) in [6.07, 6.45) is 14.5. The van der Waals surface area contributed by atoms with E-state index >= 15 is 0 Å². The Morgan fingerprint density at radius 1 is 0.939 bits per heavy atom. The second-order valence-corrected chi connectivity index (χ2v) is 10.8. The molecule has 1 aromatic heterocycles. The minimum absolute atomic E-state index is 0.144. The van der Waals surface area contributed by atoms with Gasteiger partial charge in [-0.25, -0.2) is 0 Å². The number of likely N-dealkylation sites (tertiary alicyclic amines) is 2. The van der Waals surface area contributed by atoms with Crippen molar-refractivity contribution in [2.24, 2.45) is 17.3 Å². The van der Waals surface area contributed by atoms with Crippen LogP contribution in [0.2, 0.25) is 0 Å². The zero-order valence-electron chi connectivity index (χ0n) is 19.0. The van der Waals surface area contributed by atoms with Gasteiger partial charge in [0.25, 0.3) is 5.91 Å². The summed E-state index contributed by atoms with van der Waals surface area (Å²) < 4.78 is 2.02. The van der Waals surface area contributed by atoms with Crippen LogP contribution in [0, 0.1) is 17.3 Å². The SMILES string of the molecule is O=C(c1ccccc1-n1cccc1)N1CCC2(CC1)CCN(C(=S)NC1C[C@H]3C=C[C@@H]1C3)C2. The van der Waals surface area contributed by atoms with E-state index in [9.17, 15) is 4.79 Å². The lowest BCUT2D eigenvalue weighted by Gasteiger charge is -2.39. The number of amides is 1. The van der Waals surface area contributed by atoms with Gasteiger partial charge in [-0.1, -0.05) is 24.3 Å². The molecule has 4 aliphatic rings. The molecule has 33 heavy (non-hydrogen) atoms. The Morgan fingerprint density at radius 3 is 2.36 bits per heavy atom. The largest absolute Gasteiger partial charge is 0.359 e. The molecule has 1 N–H and O–H groups in total. The maximum absolute atomic E-state index is 13.4. The summed E-state index contributed by atoms with van der Waals surface area (Å²) in [5, 5.41) is 4.62. The van der Waals surface area contributed by atoms with Crippen molar-refractivity contribution in [3.05, 3.63) is 66.5 Å². The first-order valence-corrected chi connectivity index (χ1v) is 12.8. The molecule has 3 heterocycles. The first-order valence-electron chi connectivity index (χ1n) is 12.4. The summed E-state index contributed by atoms with van der Waals surface area (Å²) in [4.78, 5) is 17.9. The Bertz CT molecular complexity index is 1070. The molecule has 0 radical (unpaired) electrons. The number of para-hydroxylation sites is 1. The summed E-state index contributed by atoms with van der Waals surface area (Å²) in [6, 6.07) is 12.4. The minimum atomic E-state index is 0.144. The van der Waals surface area contributed by atoms with Gasteiger partial charge in [-0.15, -0.1) is 0 Å². The van der Waals surface area contributed by atoms with Crippen molar-refractivity contribution in [1.29, 1.82) is 0 Å². The van der Waals surface area contributed by atoms with E-state index in [4.69, 9.17) is 12.2 Å². The Kier molecular flexibility index (Phi) is 5.28. The fourth-order valence-electron chi connectivity index (χ4n) is 6.44. The predicted octanol–water partition coefficient (Wildman–Crippen LogP) is 4.24. The highest BCUT2D eigenvalue weighted by Crippen LogP contribution is 2.42. The Labute approximate surface area is 201 Å². The molecule has 2 saturated heterocycles. The molecular formula is C27H32N4OS. The number of piperidine rings is 1. The Morgan fingerprint density at radius 2 is 1.67 bits per heavy atom. The lowest BCUT2D eigenvalue weighted by Crippen LogP contribution is -2.48. The van der Waals surface area contributed by atoms with Crippen molar-refractivity contribution >= 4 is 23.2 Å². The number of benzene rings is 1. The van der Waals surface area contributed by atoms with Gasteiger partial charge in [0, 0.05) is 44.6 Å². The Balaban J connectivity index is 1.07. The summed E-state index contributed by atoms with van der Waals surface area (Å²) in [7, 11) is 0. The maximum Gasteiger partial charge on any atom is 0.255 e. The maximum atomic E-state index is 13.4. The van der Waals surface area contributed by atoms with Crippen LogP contribution in [-0.4, -0.2) is 57.6 Å². The number of hydrogen-bond acceptors (Lipinski definition) is 2. The van der Waals surface area contributed by atoms with E-state index in [1.54, 1.807) is 0 Å². The van der Waals surface area contributed by atoms with E-state index in [2.05, 4.69) is 27.3 Å². The van der Waals surface area contributed by atoms with Gasteiger partial charge in [0.1, 0.15) is 0 Å². The van der Waals surface area contributed by atoms with Crippen molar-refractivity contribution in [1.82, 2.24) is 19.7 Å². The average Bonchev–Trinajstić information content (AvgIpc) is 3.64. The first-order chi connectivity index (χ1) is 16.1. The molecule has 6 heteroatoms. The number of carbonyl (C=O) groups excluding carboxylic acids is 1. The average molecular weight is 461 g/mol. The molecule has 1 unspecified atom stereocenters. The van der Waals surface area contributed by atoms with E-state index in [0.29, 0.717) is 12.0 Å². The highest BCUT2D eigenvalue weighted by molar-refractivity contribution is 7.80. The normalized spacial score (nSPS) is 27.5. The van der Waals surface area contributed by atoms with Gasteiger partial charge in [0.2, 0.25) is 0 Å². The number of fused-ring (bicyclic) bond motifs is 2. The van der Waals surface area contributed by atoms with Gasteiger partial charge in [-0.05, 0) is 85.8 Å². The van der Waals surface area contributed by atoms with Gasteiger partial charge in [0.05, 0.1) is 11.3 Å². The second kappa shape index (κ2) is 8.32. The summed E-state index contributed by atoms with van der Waals surface area (Å²) >= 11 is 5.82. The van der Waals surface area contributed by atoms with Gasteiger partial charge >= 0.3 is 0 Å². The number of thiocarbonyl (C=S) groups is 1. The quantitative estimate of drug-likeness (QED) is 0.549. The van der Waals surface area contributed by atoms with Crippen LogP contribution in [-0.2, 0) is 0 Å². The van der Waals surface area contributed by atoms with Crippen LogP contribution < -0.4 is 5.32 Å². The fourth-order valence-corrected chi connectivity index (χ4v) is 6.75. The van der Waals surface area contributed by atoms with Gasteiger partial charge in [0.15, 0.2) is 5.11 Å². The molecule has 1 saturated carbocycles. The molecule has 1 aromatic carbocycles. The van der Waals surface area contributed by atoms with Crippen LogP contribution >= 0.6 is 12.2 Å². The van der Waals surface area contributed by atoms with Crippen molar-refractivity contribution < 1.29 is 4.79 Å². The van der Waals surface area contributed by atoms with Crippen molar-refractivity contribution in [2.45, 2.75) is 38.1 Å². The second-order valence-electron chi connectivity index (χ2n) is 10.4. The molecule has 1 spiro atoms. The molecule has 3 atom stereocenters. The lowest BCUT2D eigenvalue weighted by atomic mass is 9.77. The van der Waals surface area contributed by atoms with Crippen molar-refractivity contribution in [2.75, 3.05) is 26.2 Å². The zero-order chi connectivity index (χ0) is 22.4. The number of allylic oxidation sites excluding steroid dienone is 1. The Hall–Kier alpha value is -2.60. The molecule has 6 rings (SSSR count). The van der Waals surface area contributed by atoms with E-state index in [1.165, 1.54) is 19.3 Å². The number of nitrogens with zero attached hydrogens (tertiary/aromatic N) is 3. The third-order valence-corrected chi connectivity index (χ3v) is 8.82. The van der Waals surface area contributed by atoms with E-state index in [1.807, 2.05) is 53.4 Å². The topological polar surface area (TPSA) is 40.5 Å². The summed E-state index contributed by atoms with van der Waals surface area (Å²) in [5.74, 6) is 1.56. The number of carbonyl (C=O) groups is 1. The van der Waals surface area contributed by atoms with Crippen LogP contribution in [0.25, 0.3) is 5.69 Å². The molecule has 3 fully saturated rings. The van der Waals surface area contributed by atoms with Crippen LogP contribution in [0.4, 0.5) is 0 Å². The third kappa shape index (κ3) is 3.88. The third-order valence-electron chi connectivity index (χ3n) is 8.44. The summed E-state index contributed by atoms with van der Waals surface area (Å²) in [5.41, 5.74) is 2.02. The van der Waals surface area contributed by atoms with Crippen LogP contribution in [0.5, 0.6) is 0 Å². The van der Waals surface area contributed by atoms with E-state index < -0.39 is 0 Å². The molecule has 5 nitrogen and oxygen atoms in total. The lowest BCUT2D eigenvalue weighted by molar-refractivity contribution is 0.0598. The molecule has 2 aliphatic carbocycles. The number of aromatic nitrogens is 1. The smallest absolute Gasteiger partial charge is 0.255 e. The first kappa shape index (κ1) is 21.0. The highest BCUT2D eigenvalue weighted by Gasteiger charge is 2.43. The molecule has 2 aliphatic heterocycles. The van der Waals surface area contributed by atoms with Crippen LogP contribution in [0.3, 0.4) is 0 Å². The minimum Gasteiger partial charge on any atom is -0.359 e.